The Bertz CT molecular complexity index is 1610. The number of ether oxygens (including phenoxy) is 2. The summed E-state index contributed by atoms with van der Waals surface area (Å²) in [6.07, 6.45) is 1.14. The highest BCUT2D eigenvalue weighted by Crippen LogP contribution is 2.30. The second-order valence-electron chi connectivity index (χ2n) is 7.77. The molecule has 2 heterocycles. The fraction of sp³-hybridized carbons (Fsp3) is 0.0769. The molecule has 0 aliphatic carbocycles. The zero-order valence-corrected chi connectivity index (χ0v) is 20.1. The van der Waals surface area contributed by atoms with Gasteiger partial charge in [-0.3, -0.25) is 19.5 Å². The average Bonchev–Trinajstić information content (AvgIpc) is 2.88. The molecule has 4 rings (SSSR count). The first kappa shape index (κ1) is 26.7. The van der Waals surface area contributed by atoms with Crippen LogP contribution in [0.2, 0.25) is 0 Å². The summed E-state index contributed by atoms with van der Waals surface area (Å²) in [5.74, 6) is -4.58. The first-order valence-electron chi connectivity index (χ1n) is 11.2. The fourth-order valence-corrected chi connectivity index (χ4v) is 3.48. The molecule has 3 N–H and O–H groups in total. The van der Waals surface area contributed by atoms with E-state index in [2.05, 4.69) is 10.3 Å². The van der Waals surface area contributed by atoms with E-state index in [-0.39, 0.29) is 29.6 Å². The highest BCUT2D eigenvalue weighted by Gasteiger charge is 2.22. The van der Waals surface area contributed by atoms with Crippen molar-refractivity contribution >= 4 is 23.5 Å². The molecule has 0 aliphatic heterocycles. The molecule has 0 spiro atoms. The number of amides is 2. The molecule has 2 aromatic carbocycles. The van der Waals surface area contributed by atoms with E-state index in [9.17, 15) is 27.6 Å². The Morgan fingerprint density at radius 3 is 2.41 bits per heavy atom. The van der Waals surface area contributed by atoms with Crippen molar-refractivity contribution in [1.82, 2.24) is 9.55 Å². The van der Waals surface area contributed by atoms with Crippen molar-refractivity contribution in [2.24, 2.45) is 0 Å². The van der Waals surface area contributed by atoms with Crippen LogP contribution in [-0.4, -0.2) is 33.3 Å². The number of halogens is 3. The topological polar surface area (TPSA) is 132 Å². The Hall–Kier alpha value is -5.33. The lowest BCUT2D eigenvalue weighted by Gasteiger charge is -2.14. The number of hydrogen-bond acceptors (Lipinski definition) is 6. The van der Waals surface area contributed by atoms with Crippen LogP contribution in [0.15, 0.2) is 71.8 Å². The maximum Gasteiger partial charge on any atom is 0.410 e. The molecule has 13 heteroatoms. The quantitative estimate of drug-likeness (QED) is 0.281. The number of rotatable bonds is 8. The SMILES string of the molecule is CCOc1ccn(-c2ccc(F)cc2)c(=O)c1C(=O)Nc1cc(F)c(Oc2ccnc(NC(=O)O)c2)cc1F. The van der Waals surface area contributed by atoms with Gasteiger partial charge in [0.25, 0.3) is 11.5 Å². The fourth-order valence-electron chi connectivity index (χ4n) is 3.48. The van der Waals surface area contributed by atoms with E-state index in [4.69, 9.17) is 14.6 Å². The predicted molar refractivity (Wildman–Crippen MR) is 133 cm³/mol. The molecule has 0 bridgehead atoms. The molecule has 2 amide bonds. The number of aromatic nitrogens is 2. The van der Waals surface area contributed by atoms with Gasteiger partial charge in [0.05, 0.1) is 12.3 Å². The van der Waals surface area contributed by atoms with Crippen LogP contribution < -0.4 is 25.7 Å². The Morgan fingerprint density at radius 1 is 0.974 bits per heavy atom. The van der Waals surface area contributed by atoms with E-state index >= 15 is 0 Å². The number of nitrogens with zero attached hydrogens (tertiary/aromatic N) is 2. The number of carbonyl (C=O) groups is 2. The minimum Gasteiger partial charge on any atom is -0.493 e. The van der Waals surface area contributed by atoms with Gasteiger partial charge < -0.3 is 19.9 Å². The van der Waals surface area contributed by atoms with Crippen molar-refractivity contribution in [3.8, 4) is 22.9 Å². The Kier molecular flexibility index (Phi) is 7.80. The Morgan fingerprint density at radius 2 is 1.72 bits per heavy atom. The van der Waals surface area contributed by atoms with Crippen LogP contribution in [0.1, 0.15) is 17.3 Å². The molecule has 0 fully saturated rings. The van der Waals surface area contributed by atoms with Gasteiger partial charge in [-0.25, -0.2) is 22.9 Å². The van der Waals surface area contributed by atoms with Crippen molar-refractivity contribution in [3.63, 3.8) is 0 Å². The molecule has 4 aromatic rings. The third kappa shape index (κ3) is 6.15. The summed E-state index contributed by atoms with van der Waals surface area (Å²) in [6.45, 7) is 1.73. The highest BCUT2D eigenvalue weighted by atomic mass is 19.1. The van der Waals surface area contributed by atoms with E-state index in [0.29, 0.717) is 12.1 Å². The smallest absolute Gasteiger partial charge is 0.410 e. The van der Waals surface area contributed by atoms with Crippen LogP contribution in [0.3, 0.4) is 0 Å². The summed E-state index contributed by atoms with van der Waals surface area (Å²) in [5, 5.41) is 12.9. The summed E-state index contributed by atoms with van der Waals surface area (Å²) < 4.78 is 54.8. The normalized spacial score (nSPS) is 10.6. The van der Waals surface area contributed by atoms with Gasteiger partial charge in [0.1, 0.15) is 28.7 Å². The summed E-state index contributed by atoms with van der Waals surface area (Å²) in [5.41, 5.74) is -1.66. The first-order chi connectivity index (χ1) is 18.7. The summed E-state index contributed by atoms with van der Waals surface area (Å²) in [6, 6.07) is 10.0. The van der Waals surface area contributed by atoms with Crippen LogP contribution in [-0.2, 0) is 0 Å². The second-order valence-corrected chi connectivity index (χ2v) is 7.77. The average molecular weight is 540 g/mol. The van der Waals surface area contributed by atoms with Crippen LogP contribution >= 0.6 is 0 Å². The van der Waals surface area contributed by atoms with Gasteiger partial charge in [0.15, 0.2) is 17.4 Å². The molecule has 10 nitrogen and oxygen atoms in total. The molecule has 0 saturated heterocycles. The summed E-state index contributed by atoms with van der Waals surface area (Å²) >= 11 is 0. The van der Waals surface area contributed by atoms with Gasteiger partial charge in [-0.1, -0.05) is 0 Å². The zero-order valence-electron chi connectivity index (χ0n) is 20.1. The molecular weight excluding hydrogens is 521 g/mol. The lowest BCUT2D eigenvalue weighted by molar-refractivity contribution is 0.102. The minimum absolute atomic E-state index is 0.0455. The number of hydrogen-bond donors (Lipinski definition) is 3. The van der Waals surface area contributed by atoms with E-state index in [1.54, 1.807) is 6.92 Å². The third-order valence-electron chi connectivity index (χ3n) is 5.15. The van der Waals surface area contributed by atoms with Crippen molar-refractivity contribution in [1.29, 1.82) is 0 Å². The van der Waals surface area contributed by atoms with E-state index in [1.165, 1.54) is 36.7 Å². The number of nitrogens with one attached hydrogen (secondary N) is 2. The lowest BCUT2D eigenvalue weighted by Crippen LogP contribution is -2.29. The monoisotopic (exact) mass is 540 g/mol. The van der Waals surface area contributed by atoms with Gasteiger partial charge in [-0.2, -0.15) is 0 Å². The molecule has 0 aliphatic rings. The first-order valence-corrected chi connectivity index (χ1v) is 11.2. The Balaban J connectivity index is 1.63. The van der Waals surface area contributed by atoms with Gasteiger partial charge in [0.2, 0.25) is 0 Å². The van der Waals surface area contributed by atoms with E-state index in [0.717, 1.165) is 22.8 Å². The molecule has 200 valence electrons. The van der Waals surface area contributed by atoms with Gasteiger partial charge in [0, 0.05) is 36.3 Å². The standard InChI is InChI=1S/C26H19F3N4O6/c1-2-38-20-8-10-33(15-5-3-14(27)4-6-15)25(35)23(20)24(34)31-19-12-18(29)21(13-17(19)28)39-16-7-9-30-22(11-16)32-26(36)37/h3-13H,2H2,1H3,(H,30,32)(H,31,34)(H,36,37). The summed E-state index contributed by atoms with van der Waals surface area (Å²) in [4.78, 5) is 40.8. The van der Waals surface area contributed by atoms with E-state index in [1.807, 2.05) is 5.32 Å². The summed E-state index contributed by atoms with van der Waals surface area (Å²) in [7, 11) is 0. The van der Waals surface area contributed by atoms with E-state index < -0.39 is 52.0 Å². The number of pyridine rings is 2. The number of carbonyl (C=O) groups excluding carboxylic acids is 1. The molecule has 0 atom stereocenters. The maximum atomic E-state index is 14.9. The maximum absolute atomic E-state index is 14.9. The highest BCUT2D eigenvalue weighted by molar-refractivity contribution is 6.06. The van der Waals surface area contributed by atoms with Gasteiger partial charge in [-0.15, -0.1) is 0 Å². The largest absolute Gasteiger partial charge is 0.493 e. The van der Waals surface area contributed by atoms with Crippen molar-refractivity contribution in [2.75, 3.05) is 17.2 Å². The van der Waals surface area contributed by atoms with Crippen molar-refractivity contribution in [3.05, 3.63) is 100 Å². The molecule has 0 radical (unpaired) electrons. The Labute approximate surface area is 218 Å². The van der Waals surface area contributed by atoms with Crippen molar-refractivity contribution < 1.29 is 37.3 Å². The predicted octanol–water partition coefficient (Wildman–Crippen LogP) is 5.18. The lowest BCUT2D eigenvalue weighted by atomic mass is 10.2. The zero-order chi connectivity index (χ0) is 28.1. The van der Waals surface area contributed by atoms with Gasteiger partial charge >= 0.3 is 6.09 Å². The molecule has 0 unspecified atom stereocenters. The molecule has 39 heavy (non-hydrogen) atoms. The van der Waals surface area contributed by atoms with Crippen LogP contribution in [0.25, 0.3) is 5.69 Å². The third-order valence-corrected chi connectivity index (χ3v) is 5.15. The van der Waals surface area contributed by atoms with Crippen molar-refractivity contribution in [2.45, 2.75) is 6.92 Å². The number of anilines is 2. The molecule has 2 aromatic heterocycles. The van der Waals surface area contributed by atoms with Crippen LogP contribution in [0, 0.1) is 17.5 Å². The van der Waals surface area contributed by atoms with Crippen LogP contribution in [0.4, 0.5) is 29.5 Å². The number of carboxylic acid groups (broad SMARTS) is 1. The molecule has 0 saturated carbocycles. The van der Waals surface area contributed by atoms with Gasteiger partial charge in [-0.05, 0) is 43.3 Å². The minimum atomic E-state index is -1.38. The molecular formula is C26H19F3N4O6. The van der Waals surface area contributed by atoms with Crippen LogP contribution in [0.5, 0.6) is 17.2 Å². The second kappa shape index (κ2) is 11.4. The number of benzene rings is 2.